The molecule has 0 spiro atoms. The monoisotopic (exact) mass is 249 g/mol. The van der Waals surface area contributed by atoms with E-state index in [4.69, 9.17) is 0 Å². The first-order valence-electron chi connectivity index (χ1n) is 6.75. The van der Waals surface area contributed by atoms with E-state index in [-0.39, 0.29) is 11.7 Å². The minimum absolute atomic E-state index is 0.0344. The molecule has 1 aromatic rings. The molecule has 0 radical (unpaired) electrons. The number of rotatable bonds is 4. The van der Waals surface area contributed by atoms with E-state index in [1.165, 1.54) is 44.2 Å². The smallest absolute Gasteiger partial charge is 0.224 e. The zero-order valence-corrected chi connectivity index (χ0v) is 10.6. The van der Waals surface area contributed by atoms with E-state index in [0.717, 1.165) is 12.1 Å². The SMILES string of the molecule is O=C(Cc1ccc(F)cc1)NCC1CCCCC1. The number of amides is 1. The minimum atomic E-state index is -0.263. The first kappa shape index (κ1) is 13.1. The molecule has 0 heterocycles. The third-order valence-electron chi connectivity index (χ3n) is 3.59. The second kappa shape index (κ2) is 6.53. The van der Waals surface area contributed by atoms with Crippen molar-refractivity contribution in [1.29, 1.82) is 0 Å². The zero-order valence-electron chi connectivity index (χ0n) is 10.6. The van der Waals surface area contributed by atoms with Gasteiger partial charge in [-0.3, -0.25) is 4.79 Å². The molecular formula is C15H20FNO. The summed E-state index contributed by atoms with van der Waals surface area (Å²) in [6.07, 6.45) is 6.72. The quantitative estimate of drug-likeness (QED) is 0.873. The third-order valence-corrected chi connectivity index (χ3v) is 3.59. The van der Waals surface area contributed by atoms with E-state index in [1.807, 2.05) is 0 Å². The standard InChI is InChI=1S/C15H20FNO/c16-14-8-6-12(7-9-14)10-15(18)17-11-13-4-2-1-3-5-13/h6-9,13H,1-5,10-11H2,(H,17,18). The molecule has 1 amide bonds. The number of hydrogen-bond acceptors (Lipinski definition) is 1. The Hall–Kier alpha value is -1.38. The summed E-state index contributed by atoms with van der Waals surface area (Å²) in [4.78, 5) is 11.7. The van der Waals surface area contributed by atoms with E-state index in [1.54, 1.807) is 12.1 Å². The van der Waals surface area contributed by atoms with Gasteiger partial charge < -0.3 is 5.32 Å². The molecule has 0 aromatic heterocycles. The molecule has 0 bridgehead atoms. The van der Waals surface area contributed by atoms with Crippen LogP contribution in [0.2, 0.25) is 0 Å². The fourth-order valence-electron chi connectivity index (χ4n) is 2.50. The fraction of sp³-hybridized carbons (Fsp3) is 0.533. The van der Waals surface area contributed by atoms with Crippen LogP contribution >= 0.6 is 0 Å². The van der Waals surface area contributed by atoms with Gasteiger partial charge in [-0.05, 0) is 36.5 Å². The van der Waals surface area contributed by atoms with Crippen molar-refractivity contribution in [3.8, 4) is 0 Å². The number of nitrogens with one attached hydrogen (secondary N) is 1. The average Bonchev–Trinajstić information content (AvgIpc) is 2.40. The van der Waals surface area contributed by atoms with Crippen LogP contribution in [-0.4, -0.2) is 12.5 Å². The molecule has 2 nitrogen and oxygen atoms in total. The second-order valence-corrected chi connectivity index (χ2v) is 5.11. The van der Waals surface area contributed by atoms with Crippen LogP contribution in [0.4, 0.5) is 4.39 Å². The summed E-state index contributed by atoms with van der Waals surface area (Å²) in [5.41, 5.74) is 0.859. The molecule has 2 rings (SSSR count). The minimum Gasteiger partial charge on any atom is -0.356 e. The van der Waals surface area contributed by atoms with Crippen molar-refractivity contribution in [2.45, 2.75) is 38.5 Å². The van der Waals surface area contributed by atoms with Gasteiger partial charge in [0, 0.05) is 6.54 Å². The van der Waals surface area contributed by atoms with Crippen molar-refractivity contribution in [3.05, 3.63) is 35.6 Å². The number of carbonyl (C=O) groups is 1. The van der Waals surface area contributed by atoms with Crippen LogP contribution in [0.1, 0.15) is 37.7 Å². The van der Waals surface area contributed by atoms with Gasteiger partial charge in [0.2, 0.25) is 5.91 Å². The highest BCUT2D eigenvalue weighted by Crippen LogP contribution is 2.22. The number of hydrogen-bond donors (Lipinski definition) is 1. The Labute approximate surface area is 108 Å². The summed E-state index contributed by atoms with van der Waals surface area (Å²) in [6, 6.07) is 6.11. The first-order valence-corrected chi connectivity index (χ1v) is 6.75. The number of benzene rings is 1. The molecule has 1 aliphatic rings. The van der Waals surface area contributed by atoms with Crippen molar-refractivity contribution < 1.29 is 9.18 Å². The Morgan fingerprint density at radius 2 is 1.83 bits per heavy atom. The van der Waals surface area contributed by atoms with Gasteiger partial charge in [0.15, 0.2) is 0 Å². The van der Waals surface area contributed by atoms with Crippen LogP contribution in [0.3, 0.4) is 0 Å². The molecule has 0 aliphatic heterocycles. The van der Waals surface area contributed by atoms with Crippen molar-refractivity contribution in [2.24, 2.45) is 5.92 Å². The lowest BCUT2D eigenvalue weighted by Crippen LogP contribution is -2.31. The molecule has 1 N–H and O–H groups in total. The maximum Gasteiger partial charge on any atom is 0.224 e. The molecule has 0 saturated heterocycles. The van der Waals surface area contributed by atoms with Crippen LogP contribution in [0.5, 0.6) is 0 Å². The molecule has 0 unspecified atom stereocenters. The molecule has 1 aromatic carbocycles. The lowest BCUT2D eigenvalue weighted by Gasteiger charge is -2.21. The van der Waals surface area contributed by atoms with Crippen LogP contribution < -0.4 is 5.32 Å². The van der Waals surface area contributed by atoms with Gasteiger partial charge in [-0.1, -0.05) is 31.4 Å². The summed E-state index contributed by atoms with van der Waals surface area (Å²) >= 11 is 0. The topological polar surface area (TPSA) is 29.1 Å². The summed E-state index contributed by atoms with van der Waals surface area (Å²) in [5, 5.41) is 2.98. The molecule has 18 heavy (non-hydrogen) atoms. The zero-order chi connectivity index (χ0) is 12.8. The maximum absolute atomic E-state index is 12.7. The predicted octanol–water partition coefficient (Wildman–Crippen LogP) is 3.06. The molecule has 1 aliphatic carbocycles. The highest BCUT2D eigenvalue weighted by Gasteiger charge is 2.14. The normalized spacial score (nSPS) is 16.5. The van der Waals surface area contributed by atoms with Gasteiger partial charge in [-0.25, -0.2) is 4.39 Å². The van der Waals surface area contributed by atoms with Gasteiger partial charge in [0.1, 0.15) is 5.82 Å². The van der Waals surface area contributed by atoms with E-state index >= 15 is 0 Å². The lowest BCUT2D eigenvalue weighted by molar-refractivity contribution is -0.120. The van der Waals surface area contributed by atoms with Gasteiger partial charge in [0.25, 0.3) is 0 Å². The average molecular weight is 249 g/mol. The summed E-state index contributed by atoms with van der Waals surface area (Å²) in [5.74, 6) is 0.421. The van der Waals surface area contributed by atoms with Crippen molar-refractivity contribution in [3.63, 3.8) is 0 Å². The Morgan fingerprint density at radius 1 is 1.17 bits per heavy atom. The summed E-state index contributed by atoms with van der Waals surface area (Å²) in [6.45, 7) is 0.792. The Balaban J connectivity index is 1.73. The van der Waals surface area contributed by atoms with E-state index in [0.29, 0.717) is 12.3 Å². The molecule has 3 heteroatoms. The molecular weight excluding hydrogens is 229 g/mol. The van der Waals surface area contributed by atoms with Gasteiger partial charge in [-0.2, -0.15) is 0 Å². The molecule has 0 atom stereocenters. The molecule has 1 saturated carbocycles. The van der Waals surface area contributed by atoms with E-state index in [9.17, 15) is 9.18 Å². The van der Waals surface area contributed by atoms with Crippen LogP contribution in [0.15, 0.2) is 24.3 Å². The van der Waals surface area contributed by atoms with Crippen LogP contribution in [-0.2, 0) is 11.2 Å². The summed E-state index contributed by atoms with van der Waals surface area (Å²) in [7, 11) is 0. The predicted molar refractivity (Wildman–Crippen MR) is 69.7 cm³/mol. The fourth-order valence-corrected chi connectivity index (χ4v) is 2.50. The highest BCUT2D eigenvalue weighted by atomic mass is 19.1. The first-order chi connectivity index (χ1) is 8.74. The number of carbonyl (C=O) groups excluding carboxylic acids is 1. The van der Waals surface area contributed by atoms with Crippen molar-refractivity contribution >= 4 is 5.91 Å². The molecule has 1 fully saturated rings. The number of halogens is 1. The van der Waals surface area contributed by atoms with Crippen LogP contribution in [0, 0.1) is 11.7 Å². The maximum atomic E-state index is 12.7. The van der Waals surface area contributed by atoms with E-state index in [2.05, 4.69) is 5.32 Å². The molecule has 98 valence electrons. The Bertz CT molecular complexity index is 382. The van der Waals surface area contributed by atoms with Crippen LogP contribution in [0.25, 0.3) is 0 Å². The highest BCUT2D eigenvalue weighted by molar-refractivity contribution is 5.78. The Kier molecular flexibility index (Phi) is 4.73. The largest absolute Gasteiger partial charge is 0.356 e. The van der Waals surface area contributed by atoms with Gasteiger partial charge in [0.05, 0.1) is 6.42 Å². The van der Waals surface area contributed by atoms with E-state index < -0.39 is 0 Å². The van der Waals surface area contributed by atoms with Gasteiger partial charge in [-0.15, -0.1) is 0 Å². The summed E-state index contributed by atoms with van der Waals surface area (Å²) < 4.78 is 12.7. The lowest BCUT2D eigenvalue weighted by atomic mass is 9.89. The van der Waals surface area contributed by atoms with Gasteiger partial charge >= 0.3 is 0 Å². The third kappa shape index (κ3) is 4.13. The van der Waals surface area contributed by atoms with Crippen molar-refractivity contribution in [2.75, 3.05) is 6.54 Å². The Morgan fingerprint density at radius 3 is 2.50 bits per heavy atom. The second-order valence-electron chi connectivity index (χ2n) is 5.11. The van der Waals surface area contributed by atoms with Crippen molar-refractivity contribution in [1.82, 2.24) is 5.32 Å².